The first-order valence-corrected chi connectivity index (χ1v) is 7.51. The molecule has 0 atom stereocenters. The number of carbonyl (C=O) groups excluding carboxylic acids is 2. The zero-order valence-electron chi connectivity index (χ0n) is 13.5. The van der Waals surface area contributed by atoms with E-state index in [0.29, 0.717) is 13.2 Å². The lowest BCUT2D eigenvalue weighted by Gasteiger charge is -2.31. The zero-order chi connectivity index (χ0) is 15.9. The van der Waals surface area contributed by atoms with Crippen molar-refractivity contribution >= 4 is 11.9 Å². The number of hydrogen-bond donors (Lipinski definition) is 0. The summed E-state index contributed by atoms with van der Waals surface area (Å²) in [5, 5.41) is 0. The molecule has 0 saturated carbocycles. The molecule has 1 saturated heterocycles. The molecule has 0 spiro atoms. The van der Waals surface area contributed by atoms with Crippen molar-refractivity contribution in [2.45, 2.75) is 52.2 Å². The van der Waals surface area contributed by atoms with Crippen molar-refractivity contribution in [3.63, 3.8) is 0 Å². The lowest BCUT2D eigenvalue weighted by atomic mass is 10.1. The molecule has 1 aliphatic rings. The van der Waals surface area contributed by atoms with Crippen molar-refractivity contribution in [2.24, 2.45) is 0 Å². The van der Waals surface area contributed by atoms with Crippen LogP contribution in [0, 0.1) is 0 Å². The fourth-order valence-corrected chi connectivity index (χ4v) is 2.18. The Kier molecular flexibility index (Phi) is 7.11. The second-order valence-electron chi connectivity index (χ2n) is 6.18. The van der Waals surface area contributed by atoms with Gasteiger partial charge < -0.3 is 14.2 Å². The molecule has 0 aromatic carbocycles. The number of rotatable bonds is 6. The van der Waals surface area contributed by atoms with Gasteiger partial charge in [-0.2, -0.15) is 0 Å². The highest BCUT2D eigenvalue weighted by Gasteiger charge is 2.24. The summed E-state index contributed by atoms with van der Waals surface area (Å²) in [4.78, 5) is 25.0. The fraction of sp³-hybridized carbons (Fsp3) is 0.867. The lowest BCUT2D eigenvalue weighted by Crippen LogP contribution is -2.42. The Bertz CT molecular complexity index is 342. The van der Waals surface area contributed by atoms with Crippen LogP contribution in [0.25, 0.3) is 0 Å². The second kappa shape index (κ2) is 8.34. The van der Waals surface area contributed by atoms with Crippen LogP contribution in [0.1, 0.15) is 40.5 Å². The van der Waals surface area contributed by atoms with Gasteiger partial charge in [0.25, 0.3) is 0 Å². The standard InChI is InChI=1S/C15H27NO5/c1-5-19-14(18)11-20-12-6-8-16(9-7-12)10-13(17)21-15(2,3)4/h12H,5-11H2,1-4H3. The van der Waals surface area contributed by atoms with Gasteiger partial charge in [0.05, 0.1) is 19.3 Å². The molecule has 1 rings (SSSR count). The van der Waals surface area contributed by atoms with Gasteiger partial charge >= 0.3 is 11.9 Å². The first-order valence-electron chi connectivity index (χ1n) is 7.51. The van der Waals surface area contributed by atoms with Crippen LogP contribution in [0.2, 0.25) is 0 Å². The van der Waals surface area contributed by atoms with E-state index in [1.165, 1.54) is 0 Å². The largest absolute Gasteiger partial charge is 0.464 e. The first-order chi connectivity index (χ1) is 9.80. The van der Waals surface area contributed by atoms with Gasteiger partial charge in [0.1, 0.15) is 12.2 Å². The SMILES string of the molecule is CCOC(=O)COC1CCN(CC(=O)OC(C)(C)C)CC1. The van der Waals surface area contributed by atoms with E-state index in [-0.39, 0.29) is 24.6 Å². The normalized spacial score (nSPS) is 17.5. The van der Waals surface area contributed by atoms with Crippen molar-refractivity contribution in [1.82, 2.24) is 4.90 Å². The number of hydrogen-bond acceptors (Lipinski definition) is 6. The number of likely N-dealkylation sites (tertiary alicyclic amines) is 1. The van der Waals surface area contributed by atoms with E-state index in [0.717, 1.165) is 25.9 Å². The van der Waals surface area contributed by atoms with E-state index in [2.05, 4.69) is 4.90 Å². The van der Waals surface area contributed by atoms with Crippen molar-refractivity contribution in [3.8, 4) is 0 Å². The zero-order valence-corrected chi connectivity index (χ0v) is 13.5. The van der Waals surface area contributed by atoms with E-state index in [1.807, 2.05) is 20.8 Å². The highest BCUT2D eigenvalue weighted by molar-refractivity contribution is 5.72. The quantitative estimate of drug-likeness (QED) is 0.690. The molecule has 1 heterocycles. The Morgan fingerprint density at radius 1 is 1.14 bits per heavy atom. The molecular formula is C15H27NO5. The van der Waals surface area contributed by atoms with Gasteiger partial charge in [-0.15, -0.1) is 0 Å². The minimum atomic E-state index is -0.446. The van der Waals surface area contributed by atoms with Crippen LogP contribution in [0.15, 0.2) is 0 Å². The van der Waals surface area contributed by atoms with Crippen LogP contribution < -0.4 is 0 Å². The van der Waals surface area contributed by atoms with E-state index >= 15 is 0 Å². The Hall–Kier alpha value is -1.14. The van der Waals surface area contributed by atoms with Gasteiger partial charge in [0.2, 0.25) is 0 Å². The molecule has 122 valence electrons. The van der Waals surface area contributed by atoms with E-state index in [1.54, 1.807) is 6.92 Å². The number of esters is 2. The Labute approximate surface area is 126 Å². The molecule has 0 unspecified atom stereocenters. The summed E-state index contributed by atoms with van der Waals surface area (Å²) in [6.07, 6.45) is 1.68. The lowest BCUT2D eigenvalue weighted by molar-refractivity contribution is -0.157. The van der Waals surface area contributed by atoms with Gasteiger partial charge in [0, 0.05) is 13.1 Å². The minimum Gasteiger partial charge on any atom is -0.464 e. The molecule has 0 aliphatic carbocycles. The molecule has 0 bridgehead atoms. The summed E-state index contributed by atoms with van der Waals surface area (Å²) < 4.78 is 15.6. The van der Waals surface area contributed by atoms with Crippen LogP contribution in [-0.2, 0) is 23.8 Å². The molecule has 0 amide bonds. The van der Waals surface area contributed by atoms with Crippen LogP contribution in [0.5, 0.6) is 0 Å². The van der Waals surface area contributed by atoms with Crippen LogP contribution in [0.3, 0.4) is 0 Å². The van der Waals surface area contributed by atoms with Crippen molar-refractivity contribution in [2.75, 3.05) is 32.8 Å². The van der Waals surface area contributed by atoms with Crippen LogP contribution >= 0.6 is 0 Å². The smallest absolute Gasteiger partial charge is 0.332 e. The summed E-state index contributed by atoms with van der Waals surface area (Å²) in [5.74, 6) is -0.526. The molecule has 0 N–H and O–H groups in total. The highest BCUT2D eigenvalue weighted by Crippen LogP contribution is 2.14. The number of carbonyl (C=O) groups is 2. The fourth-order valence-electron chi connectivity index (χ4n) is 2.18. The van der Waals surface area contributed by atoms with Crippen molar-refractivity contribution in [1.29, 1.82) is 0 Å². The van der Waals surface area contributed by atoms with E-state index < -0.39 is 5.60 Å². The molecule has 6 nitrogen and oxygen atoms in total. The molecule has 21 heavy (non-hydrogen) atoms. The monoisotopic (exact) mass is 301 g/mol. The summed E-state index contributed by atoms with van der Waals surface area (Å²) in [6.45, 7) is 9.58. The molecule has 0 aromatic rings. The van der Waals surface area contributed by atoms with Crippen molar-refractivity contribution in [3.05, 3.63) is 0 Å². The maximum atomic E-state index is 11.7. The minimum absolute atomic E-state index is 0.00454. The number of piperidine rings is 1. The van der Waals surface area contributed by atoms with Gasteiger partial charge in [-0.3, -0.25) is 9.69 Å². The molecule has 0 aromatic heterocycles. The van der Waals surface area contributed by atoms with Gasteiger partial charge in [-0.1, -0.05) is 0 Å². The second-order valence-corrected chi connectivity index (χ2v) is 6.18. The molecule has 1 fully saturated rings. The predicted octanol–water partition coefficient (Wildman–Crippen LogP) is 1.37. The van der Waals surface area contributed by atoms with Crippen LogP contribution in [-0.4, -0.2) is 61.4 Å². The Balaban J connectivity index is 2.20. The Morgan fingerprint density at radius 3 is 2.29 bits per heavy atom. The van der Waals surface area contributed by atoms with Gasteiger partial charge in [-0.05, 0) is 40.5 Å². The summed E-state index contributed by atoms with van der Waals surface area (Å²) in [7, 11) is 0. The number of ether oxygens (including phenoxy) is 3. The third kappa shape index (κ3) is 8.02. The topological polar surface area (TPSA) is 65.1 Å². The van der Waals surface area contributed by atoms with E-state index in [9.17, 15) is 9.59 Å². The van der Waals surface area contributed by atoms with Gasteiger partial charge in [0.15, 0.2) is 0 Å². The maximum Gasteiger partial charge on any atom is 0.332 e. The molecular weight excluding hydrogens is 274 g/mol. The third-order valence-corrected chi connectivity index (χ3v) is 3.05. The van der Waals surface area contributed by atoms with E-state index in [4.69, 9.17) is 14.2 Å². The maximum absolute atomic E-state index is 11.7. The van der Waals surface area contributed by atoms with Crippen LogP contribution in [0.4, 0.5) is 0 Å². The predicted molar refractivity (Wildman–Crippen MR) is 77.9 cm³/mol. The molecule has 0 radical (unpaired) electrons. The highest BCUT2D eigenvalue weighted by atomic mass is 16.6. The summed E-state index contributed by atoms with van der Waals surface area (Å²) >= 11 is 0. The molecule has 1 aliphatic heterocycles. The van der Waals surface area contributed by atoms with Crippen molar-refractivity contribution < 1.29 is 23.8 Å². The first kappa shape index (κ1) is 17.9. The number of nitrogens with zero attached hydrogens (tertiary/aromatic N) is 1. The van der Waals surface area contributed by atoms with Gasteiger partial charge in [-0.25, -0.2) is 4.79 Å². The summed E-state index contributed by atoms with van der Waals surface area (Å²) in [5.41, 5.74) is -0.446. The summed E-state index contributed by atoms with van der Waals surface area (Å²) in [6, 6.07) is 0. The molecule has 6 heteroatoms. The average Bonchev–Trinajstić information content (AvgIpc) is 2.36. The average molecular weight is 301 g/mol. The third-order valence-electron chi connectivity index (χ3n) is 3.05. The Morgan fingerprint density at radius 2 is 1.76 bits per heavy atom.